The maximum atomic E-state index is 12.4. The van der Waals surface area contributed by atoms with Crippen molar-refractivity contribution in [1.29, 1.82) is 0 Å². The average Bonchev–Trinajstić information content (AvgIpc) is 3.25. The van der Waals surface area contributed by atoms with E-state index in [-0.39, 0.29) is 23.4 Å². The molecule has 0 unspecified atom stereocenters. The van der Waals surface area contributed by atoms with Gasteiger partial charge in [-0.1, -0.05) is 13.8 Å². The molecule has 3 rings (SSSR count). The van der Waals surface area contributed by atoms with Gasteiger partial charge in [0.25, 0.3) is 0 Å². The Hall–Kier alpha value is -1.95. The first-order valence-corrected chi connectivity index (χ1v) is 9.48. The molecule has 0 spiro atoms. The molecule has 1 aliphatic rings. The molecule has 0 amide bonds. The molecule has 6 heteroatoms. The highest BCUT2D eigenvalue weighted by atomic mass is 32.2. The van der Waals surface area contributed by atoms with Crippen LogP contribution in [0.5, 0.6) is 0 Å². The fourth-order valence-electron chi connectivity index (χ4n) is 3.03. The lowest BCUT2D eigenvalue weighted by molar-refractivity contribution is 0.0209. The van der Waals surface area contributed by atoms with Crippen LogP contribution in [0.2, 0.25) is 0 Å². The highest BCUT2D eigenvalue weighted by molar-refractivity contribution is 7.85. The summed E-state index contributed by atoms with van der Waals surface area (Å²) in [6.45, 7) is 3.82. The van der Waals surface area contributed by atoms with E-state index in [1.165, 1.54) is 0 Å². The maximum Gasteiger partial charge on any atom is 0.338 e. The summed E-state index contributed by atoms with van der Waals surface area (Å²) in [7, 11) is -1.05. The normalized spacial score (nSPS) is 21.8. The zero-order valence-electron chi connectivity index (χ0n) is 13.9. The third-order valence-electron chi connectivity index (χ3n) is 4.29. The highest BCUT2D eigenvalue weighted by Crippen LogP contribution is 2.32. The summed E-state index contributed by atoms with van der Waals surface area (Å²) in [6, 6.07) is 8.85. The van der Waals surface area contributed by atoms with Gasteiger partial charge >= 0.3 is 5.97 Å². The van der Waals surface area contributed by atoms with Crippen LogP contribution in [0.4, 0.5) is 0 Å². The van der Waals surface area contributed by atoms with Gasteiger partial charge in [0.1, 0.15) is 6.10 Å². The van der Waals surface area contributed by atoms with Crippen LogP contribution < -0.4 is 0 Å². The van der Waals surface area contributed by atoms with Gasteiger partial charge in [-0.3, -0.25) is 8.89 Å². The molecule has 128 valence electrons. The summed E-state index contributed by atoms with van der Waals surface area (Å²) in [4.78, 5) is 13.1. The molecule has 1 fully saturated rings. The first-order valence-electron chi connectivity index (χ1n) is 8.27. The lowest BCUT2D eigenvalue weighted by Gasteiger charge is -2.20. The molecule has 2 aromatic rings. The predicted octanol–water partition coefficient (Wildman–Crippen LogP) is 3.35. The summed E-state index contributed by atoms with van der Waals surface area (Å²) in [5.74, 6) is -0.332. The van der Waals surface area contributed by atoms with Crippen LogP contribution in [0.1, 0.15) is 49.5 Å². The Morgan fingerprint density at radius 3 is 2.67 bits per heavy atom. The van der Waals surface area contributed by atoms with E-state index >= 15 is 0 Å². The van der Waals surface area contributed by atoms with Crippen molar-refractivity contribution in [1.82, 2.24) is 9.78 Å². The van der Waals surface area contributed by atoms with Gasteiger partial charge in [-0.05, 0) is 49.6 Å². The van der Waals surface area contributed by atoms with E-state index in [1.807, 2.05) is 30.8 Å². The standard InChI is InChI=1S/C18H22N2O3S/c1-13(2)24(22)15-9-7-14(8-10-15)18(21)23-17-6-3-5-16(17)20-12-4-11-19-20/h4,7-13,16-17H,3,5-6H2,1-2H3/t16-,17-,24+/m1/s1. The zero-order valence-corrected chi connectivity index (χ0v) is 14.7. The molecule has 0 aliphatic heterocycles. The third kappa shape index (κ3) is 3.59. The minimum atomic E-state index is -1.05. The van der Waals surface area contributed by atoms with E-state index in [1.54, 1.807) is 30.5 Å². The van der Waals surface area contributed by atoms with Crippen molar-refractivity contribution in [2.75, 3.05) is 0 Å². The minimum Gasteiger partial charge on any atom is -0.457 e. The molecular formula is C18H22N2O3S. The quantitative estimate of drug-likeness (QED) is 0.779. The molecule has 24 heavy (non-hydrogen) atoms. The van der Waals surface area contributed by atoms with Crippen LogP contribution in [0.15, 0.2) is 47.6 Å². The minimum absolute atomic E-state index is 0.0520. The number of rotatable bonds is 5. The molecule has 1 saturated carbocycles. The summed E-state index contributed by atoms with van der Waals surface area (Å²) < 4.78 is 19.6. The average molecular weight is 346 g/mol. The molecule has 0 saturated heterocycles. The third-order valence-corrected chi connectivity index (χ3v) is 5.88. The first-order chi connectivity index (χ1) is 11.6. The molecule has 1 aliphatic carbocycles. The summed E-state index contributed by atoms with van der Waals surface area (Å²) >= 11 is 0. The van der Waals surface area contributed by atoms with Gasteiger partial charge in [-0.25, -0.2) is 4.79 Å². The highest BCUT2D eigenvalue weighted by Gasteiger charge is 2.32. The second-order valence-electron chi connectivity index (χ2n) is 6.30. The number of esters is 1. The Labute approximate surface area is 144 Å². The van der Waals surface area contributed by atoms with Crippen LogP contribution in [0.3, 0.4) is 0 Å². The van der Waals surface area contributed by atoms with Crippen molar-refractivity contribution in [3.63, 3.8) is 0 Å². The first kappa shape index (κ1) is 16.9. The van der Waals surface area contributed by atoms with E-state index in [9.17, 15) is 9.00 Å². The Morgan fingerprint density at radius 2 is 2.04 bits per heavy atom. The number of hydrogen-bond donors (Lipinski definition) is 0. The molecular weight excluding hydrogens is 324 g/mol. The van der Waals surface area contributed by atoms with Gasteiger partial charge in [0, 0.05) is 22.5 Å². The van der Waals surface area contributed by atoms with Gasteiger partial charge in [-0.15, -0.1) is 0 Å². The summed E-state index contributed by atoms with van der Waals surface area (Å²) in [5.41, 5.74) is 0.491. The second kappa shape index (κ2) is 7.30. The Balaban J connectivity index is 1.67. The zero-order chi connectivity index (χ0) is 17.1. The molecule has 0 bridgehead atoms. The molecule has 1 aromatic carbocycles. The summed E-state index contributed by atoms with van der Waals surface area (Å²) in [5, 5.41) is 4.32. The van der Waals surface area contributed by atoms with Gasteiger partial charge in [0.05, 0.1) is 22.4 Å². The van der Waals surface area contributed by atoms with E-state index in [0.29, 0.717) is 5.56 Å². The SMILES string of the molecule is CC(C)[S@](=O)c1ccc(C(=O)O[C@@H]2CCC[C@H]2n2cccn2)cc1. The van der Waals surface area contributed by atoms with Crippen LogP contribution in [-0.4, -0.2) is 31.3 Å². The molecule has 3 atom stereocenters. The van der Waals surface area contributed by atoms with E-state index in [0.717, 1.165) is 24.2 Å². The largest absolute Gasteiger partial charge is 0.457 e. The van der Waals surface area contributed by atoms with Crippen LogP contribution in [0, 0.1) is 0 Å². The molecule has 0 radical (unpaired) electrons. The number of ether oxygens (including phenoxy) is 1. The number of nitrogens with zero attached hydrogens (tertiary/aromatic N) is 2. The van der Waals surface area contributed by atoms with Crippen molar-refractivity contribution < 1.29 is 13.7 Å². The Morgan fingerprint density at radius 1 is 1.29 bits per heavy atom. The lowest BCUT2D eigenvalue weighted by atomic mass is 10.2. The van der Waals surface area contributed by atoms with E-state index < -0.39 is 10.8 Å². The monoisotopic (exact) mass is 346 g/mol. The Kier molecular flexibility index (Phi) is 5.14. The van der Waals surface area contributed by atoms with Crippen molar-refractivity contribution in [2.45, 2.75) is 55.4 Å². The van der Waals surface area contributed by atoms with Gasteiger partial charge < -0.3 is 4.74 Å². The summed E-state index contributed by atoms with van der Waals surface area (Å²) in [6.07, 6.45) is 6.34. The van der Waals surface area contributed by atoms with Crippen molar-refractivity contribution in [3.8, 4) is 0 Å². The topological polar surface area (TPSA) is 61.2 Å². The van der Waals surface area contributed by atoms with E-state index in [2.05, 4.69) is 5.10 Å². The molecule has 5 nitrogen and oxygen atoms in total. The lowest BCUT2D eigenvalue weighted by Crippen LogP contribution is -2.25. The fourth-order valence-corrected chi connectivity index (χ4v) is 3.97. The fraction of sp³-hybridized carbons (Fsp3) is 0.444. The van der Waals surface area contributed by atoms with Crippen LogP contribution in [-0.2, 0) is 15.5 Å². The number of carbonyl (C=O) groups is 1. The predicted molar refractivity (Wildman–Crippen MR) is 92.3 cm³/mol. The smallest absolute Gasteiger partial charge is 0.338 e. The van der Waals surface area contributed by atoms with Crippen molar-refractivity contribution in [3.05, 3.63) is 48.3 Å². The maximum absolute atomic E-state index is 12.4. The van der Waals surface area contributed by atoms with Crippen LogP contribution >= 0.6 is 0 Å². The van der Waals surface area contributed by atoms with Gasteiger partial charge in [0.2, 0.25) is 0 Å². The number of carbonyl (C=O) groups excluding carboxylic acids is 1. The number of aromatic nitrogens is 2. The van der Waals surface area contributed by atoms with Crippen molar-refractivity contribution in [2.24, 2.45) is 0 Å². The molecule has 1 aromatic heterocycles. The van der Waals surface area contributed by atoms with Crippen molar-refractivity contribution >= 4 is 16.8 Å². The number of hydrogen-bond acceptors (Lipinski definition) is 4. The van der Waals surface area contributed by atoms with Gasteiger partial charge in [0.15, 0.2) is 0 Å². The second-order valence-corrected chi connectivity index (χ2v) is 8.31. The molecule has 1 heterocycles. The molecule has 0 N–H and O–H groups in total. The van der Waals surface area contributed by atoms with E-state index in [4.69, 9.17) is 4.74 Å². The van der Waals surface area contributed by atoms with Gasteiger partial charge in [-0.2, -0.15) is 5.10 Å². The Bertz CT molecular complexity index is 710. The van der Waals surface area contributed by atoms with Crippen LogP contribution in [0.25, 0.3) is 0 Å². The number of benzene rings is 1.